The van der Waals surface area contributed by atoms with E-state index in [1.807, 2.05) is 0 Å². The molecule has 1 unspecified atom stereocenters. The molecule has 3 N–H and O–H groups in total. The number of piperidine rings is 1. The lowest BCUT2D eigenvalue weighted by Crippen LogP contribution is -2.45. The van der Waals surface area contributed by atoms with Gasteiger partial charge in [-0.25, -0.2) is 4.98 Å². The number of aliphatic hydroxyl groups is 1. The minimum absolute atomic E-state index is 0.0571. The van der Waals surface area contributed by atoms with Crippen molar-refractivity contribution in [2.45, 2.75) is 32.1 Å². The monoisotopic (exact) mass is 415 g/mol. The van der Waals surface area contributed by atoms with Gasteiger partial charge in [-0.3, -0.25) is 9.35 Å². The second kappa shape index (κ2) is 9.94. The van der Waals surface area contributed by atoms with Gasteiger partial charge in [-0.2, -0.15) is 8.42 Å². The predicted octanol–water partition coefficient (Wildman–Crippen LogP) is 0.338. The summed E-state index contributed by atoms with van der Waals surface area (Å²) in [4.78, 5) is 15.2. The van der Waals surface area contributed by atoms with Crippen LogP contribution in [0.15, 0.2) is 30.5 Å². The highest BCUT2D eigenvalue weighted by molar-refractivity contribution is 7.86. The van der Waals surface area contributed by atoms with Gasteiger partial charge >= 0.3 is 0 Å². The van der Waals surface area contributed by atoms with Crippen LogP contribution in [0, 0.1) is 5.21 Å². The Kier molecular flexibility index (Phi) is 7.89. The predicted molar refractivity (Wildman–Crippen MR) is 100 cm³/mol. The van der Waals surface area contributed by atoms with Crippen molar-refractivity contribution >= 4 is 16.0 Å². The minimum atomic E-state index is -4.38. The molecule has 1 atom stereocenters. The molecule has 28 heavy (non-hydrogen) atoms. The summed E-state index contributed by atoms with van der Waals surface area (Å²) >= 11 is 0. The molecule has 1 aromatic rings. The first-order valence-electron chi connectivity index (χ1n) is 8.90. The summed E-state index contributed by atoms with van der Waals surface area (Å²) in [6.07, 6.45) is 5.70. The summed E-state index contributed by atoms with van der Waals surface area (Å²) in [5.41, 5.74) is 0.774. The molecule has 0 saturated carbocycles. The Morgan fingerprint density at radius 3 is 2.79 bits per heavy atom. The largest absolute Gasteiger partial charge is 0.633 e. The number of hydrogen-bond acceptors (Lipinski definition) is 7. The van der Waals surface area contributed by atoms with Gasteiger partial charge < -0.3 is 25.0 Å². The summed E-state index contributed by atoms with van der Waals surface area (Å²) in [6.45, 7) is 1.45. The number of carbonyl (C=O) groups is 1. The van der Waals surface area contributed by atoms with Gasteiger partial charge in [0, 0.05) is 24.4 Å². The number of likely N-dealkylation sites (tertiary alicyclic amines) is 1. The maximum Gasteiger partial charge on any atom is 0.274 e. The Balaban J connectivity index is 1.81. The fourth-order valence-corrected chi connectivity index (χ4v) is 3.36. The standard InChI is InChI=1S/C17H25N3O7S/c21-15(13-28(24,25)26)18-7-4-5-17(22)27-16-11-14(6-8-19-16)12-20(23)9-2-1-3-10-20/h4-6,8,11,17,22H,1-3,7,9-10,12-13H2,(H,18,21)(H,24,25,26)/b5-4+. The third-order valence-corrected chi connectivity index (χ3v) is 4.80. The van der Waals surface area contributed by atoms with Crippen molar-refractivity contribution in [3.05, 3.63) is 41.3 Å². The molecule has 1 aliphatic heterocycles. The number of hydrogen-bond donors (Lipinski definition) is 3. The van der Waals surface area contributed by atoms with Crippen LogP contribution in [-0.4, -0.2) is 65.3 Å². The lowest BCUT2D eigenvalue weighted by molar-refractivity contribution is -0.898. The van der Waals surface area contributed by atoms with Crippen LogP contribution >= 0.6 is 0 Å². The van der Waals surface area contributed by atoms with E-state index in [9.17, 15) is 23.5 Å². The van der Waals surface area contributed by atoms with Crippen molar-refractivity contribution in [3.63, 3.8) is 0 Å². The Hall–Kier alpha value is -2.05. The average Bonchev–Trinajstić information content (AvgIpc) is 2.58. The van der Waals surface area contributed by atoms with Crippen LogP contribution in [0.3, 0.4) is 0 Å². The second-order valence-electron chi connectivity index (χ2n) is 6.69. The van der Waals surface area contributed by atoms with E-state index in [-0.39, 0.29) is 17.1 Å². The smallest absolute Gasteiger partial charge is 0.274 e. The van der Waals surface area contributed by atoms with E-state index in [2.05, 4.69) is 10.3 Å². The van der Waals surface area contributed by atoms with Crippen molar-refractivity contribution < 1.29 is 32.3 Å². The van der Waals surface area contributed by atoms with Crippen molar-refractivity contribution in [3.8, 4) is 5.88 Å². The fraction of sp³-hybridized carbons (Fsp3) is 0.529. The summed E-state index contributed by atoms with van der Waals surface area (Å²) in [7, 11) is -4.38. The van der Waals surface area contributed by atoms with Crippen LogP contribution in [0.2, 0.25) is 0 Å². The molecule has 1 aromatic heterocycles. The maximum atomic E-state index is 12.7. The number of amides is 1. The lowest BCUT2D eigenvalue weighted by Gasteiger charge is -2.45. The molecule has 10 nitrogen and oxygen atoms in total. The van der Waals surface area contributed by atoms with E-state index in [0.29, 0.717) is 19.6 Å². The van der Waals surface area contributed by atoms with Crippen LogP contribution in [0.25, 0.3) is 0 Å². The van der Waals surface area contributed by atoms with Crippen LogP contribution in [0.4, 0.5) is 0 Å². The Morgan fingerprint density at radius 1 is 1.39 bits per heavy atom. The van der Waals surface area contributed by atoms with Gasteiger partial charge in [-0.1, -0.05) is 6.08 Å². The van der Waals surface area contributed by atoms with Crippen LogP contribution < -0.4 is 10.1 Å². The molecular formula is C17H25N3O7S. The van der Waals surface area contributed by atoms with Gasteiger partial charge in [0.1, 0.15) is 6.54 Å². The van der Waals surface area contributed by atoms with E-state index < -0.39 is 28.1 Å². The third-order valence-electron chi connectivity index (χ3n) is 4.17. The fourth-order valence-electron chi connectivity index (χ4n) is 2.93. The quantitative estimate of drug-likeness (QED) is 0.172. The normalized spacial score (nSPS) is 18.0. The molecule has 1 aliphatic rings. The highest BCUT2D eigenvalue weighted by atomic mass is 32.2. The summed E-state index contributed by atoms with van der Waals surface area (Å²) < 4.78 is 34.6. The number of quaternary nitrogens is 1. The van der Waals surface area contributed by atoms with E-state index in [4.69, 9.17) is 9.29 Å². The molecule has 1 saturated heterocycles. The SMILES string of the molecule is O=C(CS(=O)(=O)O)NC/C=C/C(O)Oc1cc(C[N+]2([O-])CCCCC2)ccn1. The summed E-state index contributed by atoms with van der Waals surface area (Å²) in [5.74, 6) is -1.74. The first-order valence-corrected chi connectivity index (χ1v) is 10.5. The Labute approximate surface area is 163 Å². The Bertz CT molecular complexity index is 792. The number of nitrogens with zero attached hydrogens (tertiary/aromatic N) is 2. The van der Waals surface area contributed by atoms with Crippen LogP contribution in [0.5, 0.6) is 5.88 Å². The highest BCUT2D eigenvalue weighted by Crippen LogP contribution is 2.22. The molecule has 11 heteroatoms. The number of ether oxygens (including phenoxy) is 1. The highest BCUT2D eigenvalue weighted by Gasteiger charge is 2.21. The van der Waals surface area contributed by atoms with E-state index in [1.165, 1.54) is 18.3 Å². The number of aromatic nitrogens is 1. The molecule has 0 aromatic carbocycles. The zero-order valence-electron chi connectivity index (χ0n) is 15.4. The van der Waals surface area contributed by atoms with Gasteiger partial charge in [0.15, 0.2) is 5.75 Å². The first-order chi connectivity index (χ1) is 13.2. The van der Waals surface area contributed by atoms with Crippen LogP contribution in [-0.2, 0) is 21.5 Å². The number of rotatable bonds is 9. The van der Waals surface area contributed by atoms with Gasteiger partial charge in [-0.15, -0.1) is 0 Å². The molecule has 156 valence electrons. The molecular weight excluding hydrogens is 390 g/mol. The molecule has 1 fully saturated rings. The first kappa shape index (κ1) is 22.2. The van der Waals surface area contributed by atoms with E-state index >= 15 is 0 Å². The Morgan fingerprint density at radius 2 is 2.11 bits per heavy atom. The number of carbonyl (C=O) groups excluding carboxylic acids is 1. The van der Waals surface area contributed by atoms with E-state index in [1.54, 1.807) is 12.1 Å². The van der Waals surface area contributed by atoms with Gasteiger partial charge in [0.25, 0.3) is 10.1 Å². The molecule has 0 bridgehead atoms. The van der Waals surface area contributed by atoms with Crippen molar-refractivity contribution in [1.82, 2.24) is 10.3 Å². The number of hydroxylamine groups is 3. The minimum Gasteiger partial charge on any atom is -0.633 e. The van der Waals surface area contributed by atoms with Gasteiger partial charge in [-0.05, 0) is 31.4 Å². The van der Waals surface area contributed by atoms with Gasteiger partial charge in [0.2, 0.25) is 18.1 Å². The number of pyridine rings is 1. The van der Waals surface area contributed by atoms with Crippen LogP contribution in [0.1, 0.15) is 24.8 Å². The number of nitrogens with one attached hydrogen (secondary N) is 1. The third kappa shape index (κ3) is 8.31. The molecule has 1 amide bonds. The lowest BCUT2D eigenvalue weighted by atomic mass is 10.1. The molecule has 0 spiro atoms. The topological polar surface area (TPSA) is 149 Å². The maximum absolute atomic E-state index is 12.7. The van der Waals surface area contributed by atoms with Crippen molar-refractivity contribution in [2.24, 2.45) is 0 Å². The second-order valence-corrected chi connectivity index (χ2v) is 8.15. The molecule has 0 aliphatic carbocycles. The summed E-state index contributed by atoms with van der Waals surface area (Å²) in [6, 6.07) is 3.35. The zero-order chi connectivity index (χ0) is 20.6. The van der Waals surface area contributed by atoms with Gasteiger partial charge in [0.05, 0.1) is 13.1 Å². The van der Waals surface area contributed by atoms with Crippen molar-refractivity contribution in [2.75, 3.05) is 25.4 Å². The molecule has 0 radical (unpaired) electrons. The molecule has 2 rings (SSSR count). The average molecular weight is 415 g/mol. The van der Waals surface area contributed by atoms with E-state index in [0.717, 1.165) is 24.8 Å². The van der Waals surface area contributed by atoms with Crippen molar-refractivity contribution in [1.29, 1.82) is 0 Å². The number of aliphatic hydroxyl groups excluding tert-OH is 1. The summed E-state index contributed by atoms with van der Waals surface area (Å²) in [5, 5.41) is 24.8. The molecule has 2 heterocycles. The zero-order valence-corrected chi connectivity index (χ0v) is 16.2.